The van der Waals surface area contributed by atoms with Gasteiger partial charge in [0.2, 0.25) is 0 Å². The van der Waals surface area contributed by atoms with E-state index in [2.05, 4.69) is 21.4 Å². The van der Waals surface area contributed by atoms with Crippen LogP contribution in [0.5, 0.6) is 17.2 Å². The Kier molecular flexibility index (Phi) is 8.85. The number of aromatic nitrogens is 2. The van der Waals surface area contributed by atoms with E-state index in [1.165, 1.54) is 0 Å². The molecule has 3 aromatic rings. The van der Waals surface area contributed by atoms with E-state index < -0.39 is 5.60 Å². The van der Waals surface area contributed by atoms with Gasteiger partial charge in [-0.05, 0) is 42.3 Å². The lowest BCUT2D eigenvalue weighted by molar-refractivity contribution is -0.0646. The van der Waals surface area contributed by atoms with Crippen LogP contribution in [0.15, 0.2) is 54.9 Å². The molecule has 1 aromatic heterocycles. The van der Waals surface area contributed by atoms with Crippen molar-refractivity contribution in [2.45, 2.75) is 39.0 Å². The first-order valence-corrected chi connectivity index (χ1v) is 12.5. The predicted octanol–water partition coefficient (Wildman–Crippen LogP) is 3.48. The van der Waals surface area contributed by atoms with Crippen LogP contribution in [0.3, 0.4) is 0 Å². The zero-order valence-corrected chi connectivity index (χ0v) is 21.5. The highest BCUT2D eigenvalue weighted by atomic mass is 16.5. The third-order valence-corrected chi connectivity index (χ3v) is 6.28. The lowest BCUT2D eigenvalue weighted by Crippen LogP contribution is -2.48. The predicted molar refractivity (Wildman–Crippen MR) is 138 cm³/mol. The molecule has 1 N–H and O–H groups in total. The highest BCUT2D eigenvalue weighted by Crippen LogP contribution is 2.29. The van der Waals surface area contributed by atoms with Crippen LogP contribution in [0.25, 0.3) is 0 Å². The molecular formula is C28H37N3O5. The van der Waals surface area contributed by atoms with Crippen LogP contribution in [0.2, 0.25) is 0 Å². The number of benzene rings is 2. The summed E-state index contributed by atoms with van der Waals surface area (Å²) in [5, 5.41) is 11.3. The number of β-amino-alcohol motifs (C(OH)–C–C–N with tert-alkyl or cyclic N) is 1. The summed E-state index contributed by atoms with van der Waals surface area (Å²) in [6.07, 6.45) is 4.67. The number of rotatable bonds is 11. The minimum absolute atomic E-state index is 0.165. The Balaban J connectivity index is 1.38. The van der Waals surface area contributed by atoms with Gasteiger partial charge in [-0.2, -0.15) is 0 Å². The molecule has 2 aromatic carbocycles. The molecule has 0 aliphatic carbocycles. The molecule has 0 radical (unpaired) electrons. The first-order valence-electron chi connectivity index (χ1n) is 12.5. The average Bonchev–Trinajstić information content (AvgIpc) is 3.25. The normalized spacial score (nSPS) is 18.6. The highest BCUT2D eigenvalue weighted by molar-refractivity contribution is 5.43. The highest BCUT2D eigenvalue weighted by Gasteiger charge is 2.33. The Hall–Kier alpha value is -3.07. The van der Waals surface area contributed by atoms with Gasteiger partial charge >= 0.3 is 0 Å². The van der Waals surface area contributed by atoms with Crippen LogP contribution < -0.4 is 14.2 Å². The van der Waals surface area contributed by atoms with Crippen LogP contribution in [0.1, 0.15) is 23.9 Å². The largest absolute Gasteiger partial charge is 0.493 e. The van der Waals surface area contributed by atoms with E-state index in [0.717, 1.165) is 35.7 Å². The minimum Gasteiger partial charge on any atom is -0.493 e. The van der Waals surface area contributed by atoms with Gasteiger partial charge in [-0.25, -0.2) is 4.98 Å². The van der Waals surface area contributed by atoms with E-state index in [9.17, 15) is 5.11 Å². The molecule has 4 rings (SSSR count). The van der Waals surface area contributed by atoms with Crippen molar-refractivity contribution in [3.05, 3.63) is 71.8 Å². The van der Waals surface area contributed by atoms with Gasteiger partial charge in [-0.3, -0.25) is 4.90 Å². The molecule has 8 nitrogen and oxygen atoms in total. The SMILES string of the molecule is CCc1nccn1CCOc1cc(CN2CCOC[C@](O)(COc3cccc(C)c3)C2)ccc1OC. The number of imidazole rings is 1. The van der Waals surface area contributed by atoms with Crippen LogP contribution in [-0.4, -0.2) is 71.8 Å². The summed E-state index contributed by atoms with van der Waals surface area (Å²) in [4.78, 5) is 6.56. The fourth-order valence-electron chi connectivity index (χ4n) is 4.44. The van der Waals surface area contributed by atoms with E-state index in [4.69, 9.17) is 18.9 Å². The number of ether oxygens (including phenoxy) is 4. The quantitative estimate of drug-likeness (QED) is 0.436. The monoisotopic (exact) mass is 495 g/mol. The third kappa shape index (κ3) is 7.00. The maximum atomic E-state index is 11.3. The average molecular weight is 496 g/mol. The first kappa shape index (κ1) is 26.0. The Morgan fingerprint density at radius 2 is 2.03 bits per heavy atom. The molecule has 1 saturated heterocycles. The van der Waals surface area contributed by atoms with Gasteiger partial charge < -0.3 is 28.6 Å². The summed E-state index contributed by atoms with van der Waals surface area (Å²) in [6, 6.07) is 13.8. The van der Waals surface area contributed by atoms with Crippen molar-refractivity contribution in [3.8, 4) is 17.2 Å². The van der Waals surface area contributed by atoms with Crippen molar-refractivity contribution in [1.29, 1.82) is 0 Å². The third-order valence-electron chi connectivity index (χ3n) is 6.28. The molecular weight excluding hydrogens is 458 g/mol. The molecule has 194 valence electrons. The van der Waals surface area contributed by atoms with Crippen LogP contribution in [0, 0.1) is 6.92 Å². The summed E-state index contributed by atoms with van der Waals surface area (Å²) in [5.41, 5.74) is 1.09. The van der Waals surface area contributed by atoms with Crippen molar-refractivity contribution in [2.24, 2.45) is 0 Å². The second-order valence-corrected chi connectivity index (χ2v) is 9.32. The van der Waals surface area contributed by atoms with Gasteiger partial charge in [-0.1, -0.05) is 25.1 Å². The van der Waals surface area contributed by atoms with Gasteiger partial charge in [0.25, 0.3) is 0 Å². The van der Waals surface area contributed by atoms with E-state index in [1.54, 1.807) is 7.11 Å². The lowest BCUT2D eigenvalue weighted by atomic mass is 10.1. The second kappa shape index (κ2) is 12.3. The smallest absolute Gasteiger partial charge is 0.161 e. The molecule has 1 atom stereocenters. The van der Waals surface area contributed by atoms with Gasteiger partial charge in [0.1, 0.15) is 30.4 Å². The number of hydrogen-bond donors (Lipinski definition) is 1. The molecule has 2 heterocycles. The maximum Gasteiger partial charge on any atom is 0.161 e. The summed E-state index contributed by atoms with van der Waals surface area (Å²) in [6.45, 7) is 8.11. The standard InChI is InChI=1S/C28H37N3O5/c1-4-27-29-10-11-31(27)13-15-35-26-17-23(8-9-25(26)33-3)18-30-12-14-34-20-28(32,19-30)21-36-24-7-5-6-22(2)16-24/h5-11,16-17,32H,4,12-15,18-21H2,1-3H3/t28-/m0/s1. The molecule has 0 unspecified atom stereocenters. The fourth-order valence-corrected chi connectivity index (χ4v) is 4.44. The number of aryl methyl sites for hydroxylation is 2. The number of methoxy groups -OCH3 is 1. The molecule has 8 heteroatoms. The molecule has 1 aliphatic heterocycles. The van der Waals surface area contributed by atoms with Crippen molar-refractivity contribution >= 4 is 0 Å². The molecule has 0 saturated carbocycles. The minimum atomic E-state index is -1.10. The summed E-state index contributed by atoms with van der Waals surface area (Å²) in [5.74, 6) is 3.19. The van der Waals surface area contributed by atoms with Crippen LogP contribution >= 0.6 is 0 Å². The van der Waals surface area contributed by atoms with E-state index >= 15 is 0 Å². The Bertz CT molecular complexity index is 1120. The van der Waals surface area contributed by atoms with Gasteiger partial charge in [0, 0.05) is 38.4 Å². The van der Waals surface area contributed by atoms with Crippen molar-refractivity contribution in [2.75, 3.05) is 46.6 Å². The van der Waals surface area contributed by atoms with Gasteiger partial charge in [0.05, 0.1) is 26.9 Å². The van der Waals surface area contributed by atoms with Gasteiger partial charge in [0.15, 0.2) is 11.5 Å². The molecule has 1 aliphatic rings. The van der Waals surface area contributed by atoms with Gasteiger partial charge in [-0.15, -0.1) is 0 Å². The first-order chi connectivity index (χ1) is 17.5. The molecule has 0 spiro atoms. The zero-order valence-electron chi connectivity index (χ0n) is 21.5. The van der Waals surface area contributed by atoms with Crippen molar-refractivity contribution < 1.29 is 24.1 Å². The van der Waals surface area contributed by atoms with E-state index in [0.29, 0.717) is 44.3 Å². The molecule has 0 bridgehead atoms. The Labute approximate surface area is 213 Å². The van der Waals surface area contributed by atoms with Crippen molar-refractivity contribution in [1.82, 2.24) is 14.5 Å². The van der Waals surface area contributed by atoms with Crippen molar-refractivity contribution in [3.63, 3.8) is 0 Å². The number of nitrogens with zero attached hydrogens (tertiary/aromatic N) is 3. The molecule has 0 amide bonds. The summed E-state index contributed by atoms with van der Waals surface area (Å²) >= 11 is 0. The maximum absolute atomic E-state index is 11.3. The Morgan fingerprint density at radius 3 is 2.83 bits per heavy atom. The second-order valence-electron chi connectivity index (χ2n) is 9.32. The van der Waals surface area contributed by atoms with E-state index in [-0.39, 0.29) is 13.2 Å². The summed E-state index contributed by atoms with van der Waals surface area (Å²) < 4.78 is 25.4. The van der Waals surface area contributed by atoms with Crippen LogP contribution in [-0.2, 0) is 24.2 Å². The van der Waals surface area contributed by atoms with Crippen LogP contribution in [0.4, 0.5) is 0 Å². The number of aliphatic hydroxyl groups is 1. The lowest BCUT2D eigenvalue weighted by Gasteiger charge is -2.30. The zero-order chi connectivity index (χ0) is 25.4. The Morgan fingerprint density at radius 1 is 1.14 bits per heavy atom. The topological polar surface area (TPSA) is 78.2 Å². The molecule has 1 fully saturated rings. The fraction of sp³-hybridized carbons (Fsp3) is 0.464. The summed E-state index contributed by atoms with van der Waals surface area (Å²) in [7, 11) is 1.65. The number of hydrogen-bond acceptors (Lipinski definition) is 7. The molecule has 36 heavy (non-hydrogen) atoms. The van der Waals surface area contributed by atoms with E-state index in [1.807, 2.05) is 61.8 Å².